The molecule has 0 spiro atoms. The molecule has 26 heavy (non-hydrogen) atoms. The van der Waals surface area contributed by atoms with E-state index >= 15 is 0 Å². The van der Waals surface area contributed by atoms with Gasteiger partial charge in [-0.15, -0.1) is 0 Å². The lowest BCUT2D eigenvalue weighted by Gasteiger charge is -2.12. The van der Waals surface area contributed by atoms with E-state index in [9.17, 15) is 13.2 Å². The maximum Gasteiger partial charge on any atom is 0.255 e. The van der Waals surface area contributed by atoms with Gasteiger partial charge in [-0.1, -0.05) is 17.7 Å². The number of nitrogens with one attached hydrogen (secondary N) is 2. The SMILES string of the molecule is Cc1c(Cl)cccc1NC(=O)c1ccc(S(=O)(=O)NCCN(C)C)cc1. The number of anilines is 1. The smallest absolute Gasteiger partial charge is 0.255 e. The Balaban J connectivity index is 2.08. The number of amides is 1. The molecule has 6 nitrogen and oxygen atoms in total. The molecule has 2 aromatic carbocycles. The second-order valence-electron chi connectivity index (χ2n) is 6.09. The zero-order chi connectivity index (χ0) is 19.3. The summed E-state index contributed by atoms with van der Waals surface area (Å²) < 4.78 is 27.0. The first-order valence-corrected chi connectivity index (χ1v) is 9.88. The van der Waals surface area contributed by atoms with Crippen molar-refractivity contribution in [1.29, 1.82) is 0 Å². The van der Waals surface area contributed by atoms with Crippen LogP contribution in [0.3, 0.4) is 0 Å². The molecule has 0 aromatic heterocycles. The number of hydrogen-bond donors (Lipinski definition) is 2. The number of halogens is 1. The van der Waals surface area contributed by atoms with Crippen LogP contribution in [0.4, 0.5) is 5.69 Å². The number of rotatable bonds is 7. The van der Waals surface area contributed by atoms with Crippen LogP contribution in [0.1, 0.15) is 15.9 Å². The minimum Gasteiger partial charge on any atom is -0.322 e. The fraction of sp³-hybridized carbons (Fsp3) is 0.278. The third-order valence-corrected chi connectivity index (χ3v) is 5.68. The Kier molecular flexibility index (Phi) is 6.77. The van der Waals surface area contributed by atoms with Crippen LogP contribution in [0.2, 0.25) is 5.02 Å². The Hall–Kier alpha value is -1.93. The van der Waals surface area contributed by atoms with Crippen LogP contribution in [-0.2, 0) is 10.0 Å². The molecule has 1 amide bonds. The molecule has 0 fully saturated rings. The third kappa shape index (κ3) is 5.28. The molecular weight excluding hydrogens is 374 g/mol. The molecule has 0 heterocycles. The predicted molar refractivity (Wildman–Crippen MR) is 104 cm³/mol. The number of hydrogen-bond acceptors (Lipinski definition) is 4. The highest BCUT2D eigenvalue weighted by molar-refractivity contribution is 7.89. The summed E-state index contributed by atoms with van der Waals surface area (Å²) in [7, 11) is 0.133. The Bertz CT molecular complexity index is 881. The average Bonchev–Trinajstić information content (AvgIpc) is 2.58. The van der Waals surface area contributed by atoms with Gasteiger partial charge < -0.3 is 10.2 Å². The molecular formula is C18H22ClN3O3S. The molecule has 2 rings (SSSR count). The molecule has 0 bridgehead atoms. The molecule has 0 unspecified atom stereocenters. The Labute approximate surface area is 159 Å². The first-order valence-electron chi connectivity index (χ1n) is 8.01. The minimum absolute atomic E-state index is 0.117. The van der Waals surface area contributed by atoms with Crippen LogP contribution in [-0.4, -0.2) is 46.4 Å². The fourth-order valence-electron chi connectivity index (χ4n) is 2.21. The van der Waals surface area contributed by atoms with Crippen molar-refractivity contribution in [3.05, 3.63) is 58.6 Å². The van der Waals surface area contributed by atoms with Gasteiger partial charge in [0.2, 0.25) is 10.0 Å². The van der Waals surface area contributed by atoms with E-state index in [0.717, 1.165) is 5.56 Å². The minimum atomic E-state index is -3.60. The standard InChI is InChI=1S/C18H22ClN3O3S/c1-13-16(19)5-4-6-17(13)21-18(23)14-7-9-15(10-8-14)26(24,25)20-11-12-22(2)3/h4-10,20H,11-12H2,1-3H3,(H,21,23). The van der Waals surface area contributed by atoms with Gasteiger partial charge in [0, 0.05) is 29.4 Å². The van der Waals surface area contributed by atoms with Crippen LogP contribution in [0.15, 0.2) is 47.4 Å². The molecule has 2 N–H and O–H groups in total. The summed E-state index contributed by atoms with van der Waals surface area (Å²) in [5.41, 5.74) is 1.74. The van der Waals surface area contributed by atoms with E-state index in [1.165, 1.54) is 24.3 Å². The van der Waals surface area contributed by atoms with E-state index in [-0.39, 0.29) is 10.8 Å². The summed E-state index contributed by atoms with van der Waals surface area (Å²) in [6, 6.07) is 11.0. The number of carbonyl (C=O) groups excluding carboxylic acids is 1. The number of likely N-dealkylation sites (N-methyl/N-ethyl adjacent to an activating group) is 1. The average molecular weight is 396 g/mol. The highest BCUT2D eigenvalue weighted by Crippen LogP contribution is 2.23. The number of benzene rings is 2. The van der Waals surface area contributed by atoms with E-state index in [1.54, 1.807) is 18.2 Å². The summed E-state index contributed by atoms with van der Waals surface area (Å²) in [4.78, 5) is 14.4. The fourth-order valence-corrected chi connectivity index (χ4v) is 3.41. The molecule has 0 atom stereocenters. The van der Waals surface area contributed by atoms with Gasteiger partial charge in [0.1, 0.15) is 0 Å². The lowest BCUT2D eigenvalue weighted by Crippen LogP contribution is -2.31. The quantitative estimate of drug-likeness (QED) is 0.755. The summed E-state index contributed by atoms with van der Waals surface area (Å²) in [6.07, 6.45) is 0. The molecule has 2 aromatic rings. The molecule has 0 aliphatic carbocycles. The summed E-state index contributed by atoms with van der Waals surface area (Å²) >= 11 is 6.05. The van der Waals surface area contributed by atoms with Gasteiger partial charge >= 0.3 is 0 Å². The Morgan fingerprint density at radius 1 is 1.12 bits per heavy atom. The first-order chi connectivity index (χ1) is 12.2. The van der Waals surface area contributed by atoms with E-state index in [2.05, 4.69) is 10.0 Å². The van der Waals surface area contributed by atoms with E-state index in [0.29, 0.717) is 29.4 Å². The van der Waals surface area contributed by atoms with Crippen molar-refractivity contribution in [3.63, 3.8) is 0 Å². The second kappa shape index (κ2) is 8.64. The molecule has 8 heteroatoms. The van der Waals surface area contributed by atoms with E-state index in [1.807, 2.05) is 25.9 Å². The van der Waals surface area contributed by atoms with Crippen molar-refractivity contribution < 1.29 is 13.2 Å². The zero-order valence-corrected chi connectivity index (χ0v) is 16.5. The third-order valence-electron chi connectivity index (χ3n) is 3.79. The molecule has 140 valence electrons. The van der Waals surface area contributed by atoms with E-state index < -0.39 is 10.0 Å². The van der Waals surface area contributed by atoms with Gasteiger partial charge in [0.25, 0.3) is 5.91 Å². The van der Waals surface area contributed by atoms with Crippen LogP contribution < -0.4 is 10.0 Å². The van der Waals surface area contributed by atoms with E-state index in [4.69, 9.17) is 11.6 Å². The van der Waals surface area contributed by atoms with Crippen molar-refractivity contribution in [1.82, 2.24) is 9.62 Å². The summed E-state index contributed by atoms with van der Waals surface area (Å²) in [6.45, 7) is 2.72. The Morgan fingerprint density at radius 3 is 2.38 bits per heavy atom. The predicted octanol–water partition coefficient (Wildman–Crippen LogP) is 2.74. The van der Waals surface area contributed by atoms with Gasteiger partial charge in [-0.05, 0) is 63.0 Å². The van der Waals surface area contributed by atoms with Crippen molar-refractivity contribution in [3.8, 4) is 0 Å². The van der Waals surface area contributed by atoms with Crippen molar-refractivity contribution in [2.45, 2.75) is 11.8 Å². The van der Waals surface area contributed by atoms with Gasteiger partial charge in [0.05, 0.1) is 4.90 Å². The highest BCUT2D eigenvalue weighted by Gasteiger charge is 2.15. The van der Waals surface area contributed by atoms with Crippen molar-refractivity contribution in [2.75, 3.05) is 32.5 Å². The van der Waals surface area contributed by atoms with Gasteiger partial charge in [-0.3, -0.25) is 4.79 Å². The van der Waals surface area contributed by atoms with Crippen molar-refractivity contribution >= 4 is 33.2 Å². The molecule has 0 aliphatic heterocycles. The second-order valence-corrected chi connectivity index (χ2v) is 8.27. The lowest BCUT2D eigenvalue weighted by molar-refractivity contribution is 0.102. The topological polar surface area (TPSA) is 78.5 Å². The summed E-state index contributed by atoms with van der Waals surface area (Å²) in [5, 5.41) is 3.34. The molecule has 0 radical (unpaired) electrons. The van der Waals surface area contributed by atoms with Crippen LogP contribution >= 0.6 is 11.6 Å². The van der Waals surface area contributed by atoms with Crippen LogP contribution in [0.5, 0.6) is 0 Å². The largest absolute Gasteiger partial charge is 0.322 e. The maximum absolute atomic E-state index is 12.4. The number of nitrogens with zero attached hydrogens (tertiary/aromatic N) is 1. The lowest BCUT2D eigenvalue weighted by atomic mass is 10.1. The van der Waals surface area contributed by atoms with Gasteiger partial charge in [0.15, 0.2) is 0 Å². The van der Waals surface area contributed by atoms with Gasteiger partial charge in [-0.25, -0.2) is 13.1 Å². The highest BCUT2D eigenvalue weighted by atomic mass is 35.5. The van der Waals surface area contributed by atoms with Crippen LogP contribution in [0, 0.1) is 6.92 Å². The molecule has 0 saturated heterocycles. The van der Waals surface area contributed by atoms with Crippen molar-refractivity contribution in [2.24, 2.45) is 0 Å². The van der Waals surface area contributed by atoms with Gasteiger partial charge in [-0.2, -0.15) is 0 Å². The number of carbonyl (C=O) groups is 1. The zero-order valence-electron chi connectivity index (χ0n) is 14.9. The molecule has 0 saturated carbocycles. The maximum atomic E-state index is 12.4. The number of sulfonamides is 1. The first kappa shape index (κ1) is 20.4. The summed E-state index contributed by atoms with van der Waals surface area (Å²) in [5.74, 6) is -0.333. The molecule has 0 aliphatic rings. The van der Waals surface area contributed by atoms with Crippen LogP contribution in [0.25, 0.3) is 0 Å². The Morgan fingerprint density at radius 2 is 1.77 bits per heavy atom. The monoisotopic (exact) mass is 395 g/mol. The normalized spacial score (nSPS) is 11.6.